The highest BCUT2D eigenvalue weighted by Crippen LogP contribution is 2.24. The Morgan fingerprint density at radius 1 is 1.06 bits per heavy atom. The average molecular weight is 459 g/mol. The van der Waals surface area contributed by atoms with Gasteiger partial charge in [-0.1, -0.05) is 19.1 Å². The van der Waals surface area contributed by atoms with Crippen molar-refractivity contribution in [2.45, 2.75) is 52.0 Å². The van der Waals surface area contributed by atoms with Crippen molar-refractivity contribution in [3.8, 4) is 11.3 Å². The molecule has 1 unspecified atom stereocenters. The molecule has 1 saturated heterocycles. The van der Waals surface area contributed by atoms with E-state index in [1.54, 1.807) is 13.0 Å². The summed E-state index contributed by atoms with van der Waals surface area (Å²) < 4.78 is 1.29. The molecule has 1 atom stereocenters. The van der Waals surface area contributed by atoms with Gasteiger partial charge in [-0.05, 0) is 74.8 Å². The van der Waals surface area contributed by atoms with Crippen molar-refractivity contribution in [3.05, 3.63) is 64.1 Å². The average Bonchev–Trinajstić information content (AvgIpc) is 3.31. The minimum Gasteiger partial charge on any atom is -0.355 e. The van der Waals surface area contributed by atoms with Gasteiger partial charge in [-0.15, -0.1) is 10.2 Å². The first-order chi connectivity index (χ1) is 16.5. The van der Waals surface area contributed by atoms with Crippen LogP contribution in [-0.4, -0.2) is 39.0 Å². The Balaban J connectivity index is 1.24. The molecule has 1 fully saturated rings. The van der Waals surface area contributed by atoms with Crippen molar-refractivity contribution >= 4 is 17.4 Å². The number of fused-ring (bicyclic) bond motifs is 1. The van der Waals surface area contributed by atoms with E-state index in [9.17, 15) is 9.59 Å². The van der Waals surface area contributed by atoms with E-state index in [4.69, 9.17) is 0 Å². The summed E-state index contributed by atoms with van der Waals surface area (Å²) in [6.07, 6.45) is 5.12. The first-order valence-electron chi connectivity index (χ1n) is 12.1. The summed E-state index contributed by atoms with van der Waals surface area (Å²) in [5, 5.41) is 16.2. The molecule has 5 rings (SSSR count). The number of benzene rings is 1. The summed E-state index contributed by atoms with van der Waals surface area (Å²) in [6, 6.07) is 12.4. The predicted molar refractivity (Wildman–Crippen MR) is 132 cm³/mol. The van der Waals surface area contributed by atoms with E-state index >= 15 is 0 Å². The fraction of sp³-hybridized carbons (Fsp3) is 0.423. The van der Waals surface area contributed by atoms with Gasteiger partial charge in [0, 0.05) is 30.4 Å². The molecule has 0 bridgehead atoms. The Morgan fingerprint density at radius 2 is 1.82 bits per heavy atom. The van der Waals surface area contributed by atoms with E-state index in [0.29, 0.717) is 5.69 Å². The quantitative estimate of drug-likeness (QED) is 0.628. The zero-order chi connectivity index (χ0) is 23.7. The summed E-state index contributed by atoms with van der Waals surface area (Å²) in [6.45, 7) is 6.03. The molecule has 1 aliphatic heterocycles. The first-order valence-corrected chi connectivity index (χ1v) is 12.1. The van der Waals surface area contributed by atoms with Crippen LogP contribution in [0.25, 0.3) is 11.3 Å². The topological polar surface area (TPSA) is 93.0 Å². The van der Waals surface area contributed by atoms with Crippen LogP contribution in [0.4, 0.5) is 11.5 Å². The number of amides is 1. The molecule has 34 heavy (non-hydrogen) atoms. The Bertz CT molecular complexity index is 1230. The van der Waals surface area contributed by atoms with Gasteiger partial charge >= 0.3 is 0 Å². The van der Waals surface area contributed by atoms with Crippen molar-refractivity contribution in [2.75, 3.05) is 23.3 Å². The molecule has 8 heteroatoms. The maximum atomic E-state index is 12.8. The lowest BCUT2D eigenvalue weighted by atomic mass is 9.99. The van der Waals surface area contributed by atoms with Gasteiger partial charge < -0.3 is 10.2 Å². The van der Waals surface area contributed by atoms with Crippen molar-refractivity contribution < 1.29 is 4.79 Å². The van der Waals surface area contributed by atoms with E-state index in [-0.39, 0.29) is 11.5 Å². The standard InChI is InChI=1S/C26H30N6O2/c1-17-12-14-31(15-13-17)24-11-10-22(28-29-24)19-6-8-21(9-7-19)27-26(34)18(2)32-25(33)16-20-4-3-5-23(20)30-32/h6-11,16-18H,3-5,12-15H2,1-2H3,(H,27,34). The predicted octanol–water partition coefficient (Wildman–Crippen LogP) is 3.63. The number of aromatic nitrogens is 4. The molecule has 3 aromatic rings. The van der Waals surface area contributed by atoms with Gasteiger partial charge in [0.05, 0.1) is 11.4 Å². The smallest absolute Gasteiger partial charge is 0.267 e. The molecule has 1 N–H and O–H groups in total. The van der Waals surface area contributed by atoms with Crippen molar-refractivity contribution in [1.29, 1.82) is 0 Å². The second kappa shape index (κ2) is 9.37. The van der Waals surface area contributed by atoms with Gasteiger partial charge in [-0.3, -0.25) is 9.59 Å². The normalized spacial score (nSPS) is 16.8. The molecular weight excluding hydrogens is 428 g/mol. The van der Waals surface area contributed by atoms with Crippen molar-refractivity contribution in [2.24, 2.45) is 5.92 Å². The third kappa shape index (κ3) is 4.58. The fourth-order valence-electron chi connectivity index (χ4n) is 4.66. The number of hydrogen-bond donors (Lipinski definition) is 1. The lowest BCUT2D eigenvalue weighted by Gasteiger charge is -2.30. The molecule has 0 saturated carbocycles. The van der Waals surface area contributed by atoms with Gasteiger partial charge in [0.2, 0.25) is 5.91 Å². The molecule has 2 aliphatic rings. The summed E-state index contributed by atoms with van der Waals surface area (Å²) >= 11 is 0. The van der Waals surface area contributed by atoms with Gasteiger partial charge in [-0.25, -0.2) is 4.68 Å². The van der Waals surface area contributed by atoms with Gasteiger partial charge in [0.1, 0.15) is 6.04 Å². The van der Waals surface area contributed by atoms with Crippen LogP contribution in [0.5, 0.6) is 0 Å². The van der Waals surface area contributed by atoms with E-state index < -0.39 is 6.04 Å². The van der Waals surface area contributed by atoms with Crippen LogP contribution in [0.3, 0.4) is 0 Å². The second-order valence-electron chi connectivity index (χ2n) is 9.44. The lowest BCUT2D eigenvalue weighted by molar-refractivity contribution is -0.119. The number of carbonyl (C=O) groups is 1. The first kappa shape index (κ1) is 22.3. The monoisotopic (exact) mass is 458 g/mol. The highest BCUT2D eigenvalue weighted by Gasteiger charge is 2.22. The van der Waals surface area contributed by atoms with Crippen LogP contribution in [0, 0.1) is 5.92 Å². The minimum absolute atomic E-state index is 0.236. The van der Waals surface area contributed by atoms with Crippen molar-refractivity contribution in [3.63, 3.8) is 0 Å². The fourth-order valence-corrected chi connectivity index (χ4v) is 4.66. The van der Waals surface area contributed by atoms with E-state index in [0.717, 1.165) is 66.6 Å². The van der Waals surface area contributed by atoms with Crippen LogP contribution in [-0.2, 0) is 17.6 Å². The van der Waals surface area contributed by atoms with Gasteiger partial charge in [0.25, 0.3) is 5.56 Å². The molecule has 1 amide bonds. The Morgan fingerprint density at radius 3 is 2.53 bits per heavy atom. The Labute approximate surface area is 199 Å². The number of aryl methyl sites for hydroxylation is 2. The summed E-state index contributed by atoms with van der Waals surface area (Å²) in [5.41, 5.74) is 4.06. The third-order valence-electron chi connectivity index (χ3n) is 6.93. The van der Waals surface area contributed by atoms with E-state index in [2.05, 4.69) is 32.4 Å². The van der Waals surface area contributed by atoms with Crippen molar-refractivity contribution in [1.82, 2.24) is 20.0 Å². The molecule has 3 heterocycles. The third-order valence-corrected chi connectivity index (χ3v) is 6.93. The second-order valence-corrected chi connectivity index (χ2v) is 9.44. The zero-order valence-electron chi connectivity index (χ0n) is 19.7. The number of rotatable bonds is 5. The van der Waals surface area contributed by atoms with E-state index in [1.165, 1.54) is 17.5 Å². The molecule has 0 radical (unpaired) electrons. The highest BCUT2D eigenvalue weighted by atomic mass is 16.2. The molecule has 8 nitrogen and oxygen atoms in total. The van der Waals surface area contributed by atoms with Crippen LogP contribution >= 0.6 is 0 Å². The SMILES string of the molecule is CC1CCN(c2ccc(-c3ccc(NC(=O)C(C)n4nc5c(cc4=O)CCC5)cc3)nn2)CC1. The van der Waals surface area contributed by atoms with Crippen LogP contribution in [0.2, 0.25) is 0 Å². The molecular formula is C26H30N6O2. The van der Waals surface area contributed by atoms with E-state index in [1.807, 2.05) is 36.4 Å². The number of carbonyl (C=O) groups excluding carboxylic acids is 1. The summed E-state index contributed by atoms with van der Waals surface area (Å²) in [5.74, 6) is 1.42. The summed E-state index contributed by atoms with van der Waals surface area (Å²) in [7, 11) is 0. The maximum Gasteiger partial charge on any atom is 0.267 e. The number of piperidine rings is 1. The molecule has 176 valence electrons. The van der Waals surface area contributed by atoms with Gasteiger partial charge in [-0.2, -0.15) is 5.10 Å². The Kier molecular flexibility index (Phi) is 6.13. The largest absolute Gasteiger partial charge is 0.355 e. The molecule has 1 aliphatic carbocycles. The summed E-state index contributed by atoms with van der Waals surface area (Å²) in [4.78, 5) is 27.5. The van der Waals surface area contributed by atoms with Crippen LogP contribution in [0.15, 0.2) is 47.3 Å². The highest BCUT2D eigenvalue weighted by molar-refractivity contribution is 5.93. The van der Waals surface area contributed by atoms with Gasteiger partial charge in [0.15, 0.2) is 5.82 Å². The Hall–Kier alpha value is -3.55. The molecule has 0 spiro atoms. The number of nitrogens with zero attached hydrogens (tertiary/aromatic N) is 5. The van der Waals surface area contributed by atoms with Crippen LogP contribution < -0.4 is 15.8 Å². The molecule has 1 aromatic carbocycles. The molecule has 2 aromatic heterocycles. The minimum atomic E-state index is -0.700. The number of anilines is 2. The zero-order valence-corrected chi connectivity index (χ0v) is 19.7. The number of nitrogens with one attached hydrogen (secondary N) is 1. The maximum absolute atomic E-state index is 12.8. The number of hydrogen-bond acceptors (Lipinski definition) is 6. The lowest BCUT2D eigenvalue weighted by Crippen LogP contribution is -2.33. The van der Waals surface area contributed by atoms with Crippen LogP contribution in [0.1, 0.15) is 50.4 Å².